The monoisotopic (exact) mass is 462 g/mol. The van der Waals surface area contributed by atoms with Gasteiger partial charge < -0.3 is 9.88 Å². The number of hydrogen-bond donors (Lipinski definition) is 2. The highest BCUT2D eigenvalue weighted by molar-refractivity contribution is 5.92. The molecule has 3 aliphatic carbocycles. The minimum absolute atomic E-state index is 0.0216. The van der Waals surface area contributed by atoms with Gasteiger partial charge in [-0.25, -0.2) is 9.97 Å². The molecule has 0 bridgehead atoms. The number of amides is 2. The number of imidazole rings is 1. The minimum atomic E-state index is -0.0361. The van der Waals surface area contributed by atoms with Crippen molar-refractivity contribution in [1.29, 1.82) is 0 Å². The number of carbonyl (C=O) groups is 2. The zero-order valence-corrected chi connectivity index (χ0v) is 20.5. The Kier molecular flexibility index (Phi) is 4.71. The van der Waals surface area contributed by atoms with Gasteiger partial charge >= 0.3 is 0 Å². The zero-order valence-electron chi connectivity index (χ0n) is 20.5. The van der Waals surface area contributed by atoms with Gasteiger partial charge in [-0.15, -0.1) is 0 Å². The Morgan fingerprint density at radius 3 is 2.82 bits per heavy atom. The summed E-state index contributed by atoms with van der Waals surface area (Å²) in [5.74, 6) is 2.25. The molecule has 8 nitrogen and oxygen atoms in total. The topological polar surface area (TPSA) is 104 Å². The standard InChI is InChI=1S/C26H34N6O2/c1-14-11-15-16-5-6-18(23(34)31-24-27-12-19-22(30-24)29-13-28-19)25(16,2)9-7-17(15)26(3)10-8-20(33)32(4)21(14)26/h12-13,15-18H,5-11H2,1-4H3,(H2,27,28,29,30,31,34)/t15-,16-,17+,18?,25-,26+/m0/s1. The smallest absolute Gasteiger partial charge is 0.231 e. The number of aromatic nitrogens is 4. The van der Waals surface area contributed by atoms with Gasteiger partial charge in [-0.05, 0) is 68.6 Å². The number of allylic oxidation sites excluding steroid dienone is 2. The summed E-state index contributed by atoms with van der Waals surface area (Å²) >= 11 is 0. The third-order valence-electron chi connectivity index (χ3n) is 10.0. The highest BCUT2D eigenvalue weighted by Crippen LogP contribution is 2.66. The first-order chi connectivity index (χ1) is 16.2. The molecule has 2 amide bonds. The van der Waals surface area contributed by atoms with Gasteiger partial charge in [-0.1, -0.05) is 19.4 Å². The SMILES string of the molecule is CC1=C2N(C)C(=O)CC[C@]2(C)[C@@H]2CC[C@]3(C)C(C(=O)Nc4ncc5[nH]cnc5n4)CC[C@H]3[C@@H]2C1. The number of likely N-dealkylation sites (tertiary alicyclic amines) is 1. The molecular formula is C26H34N6O2. The van der Waals surface area contributed by atoms with Crippen molar-refractivity contribution in [2.75, 3.05) is 12.4 Å². The van der Waals surface area contributed by atoms with Crippen LogP contribution in [0.5, 0.6) is 0 Å². The molecule has 180 valence electrons. The third kappa shape index (κ3) is 2.93. The van der Waals surface area contributed by atoms with Crippen LogP contribution in [0.3, 0.4) is 0 Å². The van der Waals surface area contributed by atoms with Crippen molar-refractivity contribution in [2.24, 2.45) is 34.5 Å². The summed E-state index contributed by atoms with van der Waals surface area (Å²) in [6.07, 6.45) is 10.0. The van der Waals surface area contributed by atoms with Crippen LogP contribution in [-0.4, -0.2) is 43.7 Å². The van der Waals surface area contributed by atoms with Gasteiger partial charge in [0, 0.05) is 30.5 Å². The molecule has 3 fully saturated rings. The lowest BCUT2D eigenvalue weighted by molar-refractivity contribution is -0.137. The molecule has 2 N–H and O–H groups in total. The highest BCUT2D eigenvalue weighted by atomic mass is 16.2. The molecule has 2 saturated carbocycles. The summed E-state index contributed by atoms with van der Waals surface area (Å²) in [5.41, 5.74) is 4.01. The second-order valence-corrected chi connectivity index (χ2v) is 11.6. The van der Waals surface area contributed by atoms with Crippen LogP contribution in [0, 0.1) is 34.5 Å². The maximum Gasteiger partial charge on any atom is 0.231 e. The molecule has 1 unspecified atom stereocenters. The molecule has 2 aromatic rings. The van der Waals surface area contributed by atoms with E-state index in [9.17, 15) is 9.59 Å². The summed E-state index contributed by atoms with van der Waals surface area (Å²) in [7, 11) is 1.96. The van der Waals surface area contributed by atoms with Crippen molar-refractivity contribution in [2.45, 2.75) is 65.7 Å². The molecule has 0 radical (unpaired) electrons. The molecule has 1 aliphatic heterocycles. The lowest BCUT2D eigenvalue weighted by Crippen LogP contribution is -2.54. The van der Waals surface area contributed by atoms with Crippen molar-refractivity contribution >= 4 is 28.9 Å². The van der Waals surface area contributed by atoms with E-state index in [4.69, 9.17) is 0 Å². The van der Waals surface area contributed by atoms with Crippen molar-refractivity contribution < 1.29 is 9.59 Å². The number of aromatic amines is 1. The number of nitrogens with one attached hydrogen (secondary N) is 2. The molecule has 34 heavy (non-hydrogen) atoms. The molecule has 6 atom stereocenters. The van der Waals surface area contributed by atoms with Crippen LogP contribution in [0.2, 0.25) is 0 Å². The van der Waals surface area contributed by atoms with Crippen LogP contribution >= 0.6 is 0 Å². The van der Waals surface area contributed by atoms with Crippen molar-refractivity contribution in [3.8, 4) is 0 Å². The van der Waals surface area contributed by atoms with Gasteiger partial charge in [0.25, 0.3) is 0 Å². The van der Waals surface area contributed by atoms with Crippen LogP contribution in [0.25, 0.3) is 11.2 Å². The Bertz CT molecular complexity index is 1220. The molecular weight excluding hydrogens is 428 g/mol. The summed E-state index contributed by atoms with van der Waals surface area (Å²) in [6, 6.07) is 0. The lowest BCUT2D eigenvalue weighted by Gasteiger charge is -2.59. The van der Waals surface area contributed by atoms with Crippen LogP contribution in [0.4, 0.5) is 5.95 Å². The Labute approximate surface area is 200 Å². The maximum absolute atomic E-state index is 13.5. The van der Waals surface area contributed by atoms with Crippen LogP contribution in [0.1, 0.15) is 65.7 Å². The average Bonchev–Trinajstić information content (AvgIpc) is 3.40. The van der Waals surface area contributed by atoms with Gasteiger partial charge in [0.15, 0.2) is 5.65 Å². The minimum Gasteiger partial charge on any atom is -0.342 e. The molecule has 4 aliphatic rings. The van der Waals surface area contributed by atoms with Crippen LogP contribution in [0.15, 0.2) is 23.8 Å². The Morgan fingerprint density at radius 2 is 2.00 bits per heavy atom. The first-order valence-corrected chi connectivity index (χ1v) is 12.7. The predicted molar refractivity (Wildman–Crippen MR) is 128 cm³/mol. The Balaban J connectivity index is 1.26. The lowest BCUT2D eigenvalue weighted by atomic mass is 9.48. The average molecular weight is 463 g/mol. The van der Waals surface area contributed by atoms with E-state index in [2.05, 4.69) is 46.0 Å². The van der Waals surface area contributed by atoms with E-state index in [0.717, 1.165) is 44.0 Å². The maximum atomic E-state index is 13.5. The Morgan fingerprint density at radius 1 is 1.18 bits per heavy atom. The van der Waals surface area contributed by atoms with E-state index in [1.54, 1.807) is 12.5 Å². The van der Waals surface area contributed by atoms with E-state index >= 15 is 0 Å². The summed E-state index contributed by atoms with van der Waals surface area (Å²) in [6.45, 7) is 6.97. The molecule has 6 rings (SSSR count). The second-order valence-electron chi connectivity index (χ2n) is 11.6. The summed E-state index contributed by atoms with van der Waals surface area (Å²) in [4.78, 5) is 43.8. The van der Waals surface area contributed by atoms with Crippen molar-refractivity contribution in [3.63, 3.8) is 0 Å². The van der Waals surface area contributed by atoms with E-state index in [0.29, 0.717) is 35.8 Å². The van der Waals surface area contributed by atoms with E-state index in [-0.39, 0.29) is 28.6 Å². The van der Waals surface area contributed by atoms with Crippen molar-refractivity contribution in [1.82, 2.24) is 24.8 Å². The molecule has 2 aromatic heterocycles. The fourth-order valence-electron chi connectivity index (χ4n) is 8.53. The van der Waals surface area contributed by atoms with E-state index < -0.39 is 0 Å². The van der Waals surface area contributed by atoms with Crippen LogP contribution < -0.4 is 5.32 Å². The van der Waals surface area contributed by atoms with Gasteiger partial charge in [0.2, 0.25) is 17.8 Å². The quantitative estimate of drug-likeness (QED) is 0.693. The number of piperidine rings is 1. The second kappa shape index (κ2) is 7.36. The summed E-state index contributed by atoms with van der Waals surface area (Å²) in [5, 5.41) is 3.00. The van der Waals surface area contributed by atoms with Crippen molar-refractivity contribution in [3.05, 3.63) is 23.8 Å². The molecule has 1 saturated heterocycles. The number of hydrogen-bond acceptors (Lipinski definition) is 5. The highest BCUT2D eigenvalue weighted by Gasteiger charge is 2.61. The number of nitrogens with zero attached hydrogens (tertiary/aromatic N) is 4. The number of anilines is 1. The molecule has 3 heterocycles. The normalized spacial score (nSPS) is 37.4. The molecule has 0 spiro atoms. The van der Waals surface area contributed by atoms with Gasteiger partial charge in [0.05, 0.1) is 12.5 Å². The first kappa shape index (κ1) is 21.7. The number of carbonyl (C=O) groups excluding carboxylic acids is 2. The predicted octanol–water partition coefficient (Wildman–Crippen LogP) is 4.29. The van der Waals surface area contributed by atoms with Gasteiger partial charge in [0.1, 0.15) is 5.52 Å². The fraction of sp³-hybridized carbons (Fsp3) is 0.654. The largest absolute Gasteiger partial charge is 0.342 e. The molecule has 0 aromatic carbocycles. The third-order valence-corrected chi connectivity index (χ3v) is 10.0. The zero-order chi connectivity index (χ0) is 23.8. The number of H-pyrrole nitrogens is 1. The Hall–Kier alpha value is -2.77. The van der Waals surface area contributed by atoms with Gasteiger partial charge in [-0.2, -0.15) is 4.98 Å². The fourth-order valence-corrected chi connectivity index (χ4v) is 8.53. The van der Waals surface area contributed by atoms with Crippen LogP contribution in [-0.2, 0) is 9.59 Å². The molecule has 8 heteroatoms. The van der Waals surface area contributed by atoms with Gasteiger partial charge in [-0.3, -0.25) is 14.9 Å². The summed E-state index contributed by atoms with van der Waals surface area (Å²) < 4.78 is 0. The van der Waals surface area contributed by atoms with E-state index in [1.807, 2.05) is 11.9 Å². The number of rotatable bonds is 2. The number of fused-ring (bicyclic) bond motifs is 6. The van der Waals surface area contributed by atoms with E-state index in [1.165, 1.54) is 11.3 Å². The first-order valence-electron chi connectivity index (χ1n) is 12.7.